The maximum Gasteiger partial charge on any atom is 0.429 e. The fraction of sp³-hybridized carbons (Fsp3) is 0.667. The Morgan fingerprint density at radius 3 is 2.22 bits per heavy atom. The lowest BCUT2D eigenvalue weighted by molar-refractivity contribution is -0.0916. The van der Waals surface area contributed by atoms with E-state index in [1.54, 1.807) is 0 Å². The van der Waals surface area contributed by atoms with Crippen LogP contribution in [0.15, 0.2) is 30.3 Å². The van der Waals surface area contributed by atoms with Crippen LogP contribution >= 0.6 is 0 Å². The van der Waals surface area contributed by atoms with Crippen LogP contribution in [0.4, 0.5) is 9.59 Å². The average Bonchev–Trinajstić information content (AvgIpc) is 2.68. The van der Waals surface area contributed by atoms with Gasteiger partial charge < -0.3 is 13.9 Å². The van der Waals surface area contributed by atoms with Crippen LogP contribution in [-0.4, -0.2) is 55.3 Å². The van der Waals surface area contributed by atoms with Gasteiger partial charge in [0.05, 0.1) is 12.6 Å². The molecule has 0 bridgehead atoms. The molecule has 1 aliphatic rings. The molecule has 1 fully saturated rings. The van der Waals surface area contributed by atoms with Gasteiger partial charge in [-0.2, -0.15) is 0 Å². The van der Waals surface area contributed by atoms with Gasteiger partial charge in [-0.3, -0.25) is 0 Å². The summed E-state index contributed by atoms with van der Waals surface area (Å²) < 4.78 is 17.6. The Morgan fingerprint density at radius 1 is 1.03 bits per heavy atom. The minimum absolute atomic E-state index is 0.0483. The molecule has 0 saturated carbocycles. The van der Waals surface area contributed by atoms with E-state index in [9.17, 15) is 9.59 Å². The van der Waals surface area contributed by atoms with E-state index in [0.717, 1.165) is 18.4 Å². The Bertz CT molecular complexity index is 771. The van der Waals surface area contributed by atoms with Crippen molar-refractivity contribution in [1.29, 1.82) is 0 Å². The van der Waals surface area contributed by atoms with E-state index in [0.29, 0.717) is 13.2 Å². The predicted octanol–water partition coefficient (Wildman–Crippen LogP) is 5.96. The zero-order valence-electron chi connectivity index (χ0n) is 20.9. The lowest BCUT2D eigenvalue weighted by Gasteiger charge is -2.45. The number of hydrogen-bond acceptors (Lipinski definition) is 5. The van der Waals surface area contributed by atoms with E-state index < -0.39 is 26.1 Å². The first-order valence-electron chi connectivity index (χ1n) is 11.4. The van der Waals surface area contributed by atoms with Crippen LogP contribution in [0.1, 0.15) is 59.9 Å². The molecule has 32 heavy (non-hydrogen) atoms. The number of hydrazine groups is 1. The Morgan fingerprint density at radius 2 is 1.66 bits per heavy atom. The first-order valence-corrected chi connectivity index (χ1v) is 14.3. The van der Waals surface area contributed by atoms with Gasteiger partial charge in [-0.1, -0.05) is 51.1 Å². The minimum Gasteiger partial charge on any atom is -0.443 e. The Labute approximate surface area is 194 Å². The smallest absolute Gasteiger partial charge is 0.429 e. The minimum atomic E-state index is -2.02. The molecular weight excluding hydrogens is 424 g/mol. The summed E-state index contributed by atoms with van der Waals surface area (Å²) in [6, 6.07) is 9.19. The molecule has 0 aliphatic carbocycles. The van der Waals surface area contributed by atoms with Crippen molar-refractivity contribution in [2.75, 3.05) is 13.2 Å². The molecule has 0 spiro atoms. The number of carbonyl (C=O) groups excluding carboxylic acids is 2. The van der Waals surface area contributed by atoms with Gasteiger partial charge in [-0.05, 0) is 57.3 Å². The highest BCUT2D eigenvalue weighted by molar-refractivity contribution is 6.74. The van der Waals surface area contributed by atoms with Crippen molar-refractivity contribution in [2.45, 2.75) is 90.8 Å². The lowest BCUT2D eigenvalue weighted by Crippen LogP contribution is -2.60. The Balaban J connectivity index is 2.19. The SMILES string of the molecule is CC(C)(C)OC(=O)N1[C@H](CO[Si](C)(C)C(C)(C)C)CCCN1C(=O)OCc1ccccc1. The molecule has 2 rings (SSSR count). The summed E-state index contributed by atoms with van der Waals surface area (Å²) in [5.74, 6) is 0. The molecule has 1 aromatic rings. The fourth-order valence-corrected chi connectivity index (χ4v) is 4.15. The van der Waals surface area contributed by atoms with E-state index in [1.807, 2.05) is 51.1 Å². The van der Waals surface area contributed by atoms with Crippen molar-refractivity contribution in [2.24, 2.45) is 0 Å². The van der Waals surface area contributed by atoms with Crippen molar-refractivity contribution >= 4 is 20.5 Å². The second-order valence-electron chi connectivity index (χ2n) is 10.9. The first kappa shape index (κ1) is 26.2. The third-order valence-corrected chi connectivity index (χ3v) is 10.5. The molecule has 8 heteroatoms. The summed E-state index contributed by atoms with van der Waals surface area (Å²) in [5, 5.41) is 2.84. The number of nitrogens with zero attached hydrogens (tertiary/aromatic N) is 2. The van der Waals surface area contributed by atoms with Crippen LogP contribution in [0.2, 0.25) is 18.1 Å². The molecule has 1 atom stereocenters. The number of carbonyl (C=O) groups is 2. The Kier molecular flexibility index (Phi) is 8.39. The summed E-state index contributed by atoms with van der Waals surface area (Å²) >= 11 is 0. The molecule has 0 N–H and O–H groups in total. The highest BCUT2D eigenvalue weighted by Crippen LogP contribution is 2.37. The van der Waals surface area contributed by atoms with Crippen molar-refractivity contribution < 1.29 is 23.5 Å². The number of rotatable bonds is 5. The maximum absolute atomic E-state index is 13.1. The van der Waals surface area contributed by atoms with E-state index in [-0.39, 0.29) is 17.7 Å². The number of benzene rings is 1. The molecule has 180 valence electrons. The topological polar surface area (TPSA) is 68.3 Å². The third kappa shape index (κ3) is 7.23. The van der Waals surface area contributed by atoms with Gasteiger partial charge in [0.1, 0.15) is 12.2 Å². The van der Waals surface area contributed by atoms with Crippen LogP contribution in [0, 0.1) is 0 Å². The second-order valence-corrected chi connectivity index (χ2v) is 15.7. The van der Waals surface area contributed by atoms with E-state index in [2.05, 4.69) is 33.9 Å². The van der Waals surface area contributed by atoms with E-state index >= 15 is 0 Å². The fourth-order valence-electron chi connectivity index (χ4n) is 3.11. The standard InChI is InChI=1S/C24H40N2O5Si/c1-23(2,3)31-22(28)26-20(18-30-32(7,8)24(4,5)6)15-12-16-25(26)21(27)29-17-19-13-10-9-11-14-19/h9-11,13-14,20H,12,15-18H2,1-8H3/t20-/m0/s1. The van der Waals surface area contributed by atoms with E-state index in [1.165, 1.54) is 10.0 Å². The zero-order chi connectivity index (χ0) is 24.2. The lowest BCUT2D eigenvalue weighted by atomic mass is 10.1. The van der Waals surface area contributed by atoms with E-state index in [4.69, 9.17) is 13.9 Å². The maximum atomic E-state index is 13.1. The van der Waals surface area contributed by atoms with Crippen LogP contribution in [0.25, 0.3) is 0 Å². The Hall–Kier alpha value is -2.06. The van der Waals surface area contributed by atoms with Gasteiger partial charge in [0.15, 0.2) is 8.32 Å². The van der Waals surface area contributed by atoms with Gasteiger partial charge in [0.2, 0.25) is 0 Å². The van der Waals surface area contributed by atoms with Gasteiger partial charge >= 0.3 is 12.2 Å². The van der Waals surface area contributed by atoms with Gasteiger partial charge in [-0.15, -0.1) is 0 Å². The average molecular weight is 465 g/mol. The first-order chi connectivity index (χ1) is 14.7. The molecule has 2 amide bonds. The quantitative estimate of drug-likeness (QED) is 0.503. The third-order valence-electron chi connectivity index (χ3n) is 5.95. The van der Waals surface area contributed by atoms with Crippen LogP contribution in [-0.2, 0) is 20.5 Å². The number of ether oxygens (including phenoxy) is 2. The van der Waals surface area contributed by atoms with Crippen molar-refractivity contribution in [3.63, 3.8) is 0 Å². The largest absolute Gasteiger partial charge is 0.443 e. The summed E-state index contributed by atoms with van der Waals surface area (Å²) in [6.07, 6.45) is 0.371. The molecule has 0 radical (unpaired) electrons. The predicted molar refractivity (Wildman–Crippen MR) is 128 cm³/mol. The van der Waals surface area contributed by atoms with Crippen LogP contribution in [0.5, 0.6) is 0 Å². The molecule has 1 aliphatic heterocycles. The van der Waals surface area contributed by atoms with Crippen molar-refractivity contribution in [3.05, 3.63) is 35.9 Å². The second kappa shape index (κ2) is 10.3. The van der Waals surface area contributed by atoms with Crippen molar-refractivity contribution in [1.82, 2.24) is 10.0 Å². The monoisotopic (exact) mass is 464 g/mol. The summed E-state index contributed by atoms with van der Waals surface area (Å²) in [7, 11) is -2.02. The number of amides is 2. The summed E-state index contributed by atoms with van der Waals surface area (Å²) in [5.41, 5.74) is 0.207. The highest BCUT2D eigenvalue weighted by atomic mass is 28.4. The van der Waals surface area contributed by atoms with Crippen molar-refractivity contribution in [3.8, 4) is 0 Å². The van der Waals surface area contributed by atoms with Gasteiger partial charge in [-0.25, -0.2) is 19.6 Å². The van der Waals surface area contributed by atoms with Gasteiger partial charge in [0, 0.05) is 6.54 Å². The molecule has 0 unspecified atom stereocenters. The molecule has 1 aromatic carbocycles. The molecule has 1 heterocycles. The zero-order valence-corrected chi connectivity index (χ0v) is 21.9. The molecular formula is C24H40N2O5Si. The van der Waals surface area contributed by atoms with Crippen LogP contribution < -0.4 is 0 Å². The van der Waals surface area contributed by atoms with Gasteiger partial charge in [0.25, 0.3) is 0 Å². The molecule has 1 saturated heterocycles. The highest BCUT2D eigenvalue weighted by Gasteiger charge is 2.42. The summed E-state index contributed by atoms with van der Waals surface area (Å²) in [6.45, 7) is 17.2. The summed E-state index contributed by atoms with van der Waals surface area (Å²) in [4.78, 5) is 26.1. The molecule has 7 nitrogen and oxygen atoms in total. The normalized spacial score (nSPS) is 17.8. The molecule has 0 aromatic heterocycles. The number of hydrogen-bond donors (Lipinski definition) is 0. The van der Waals surface area contributed by atoms with Crippen LogP contribution in [0.3, 0.4) is 0 Å².